The van der Waals surface area contributed by atoms with E-state index in [4.69, 9.17) is 23.1 Å². The van der Waals surface area contributed by atoms with E-state index < -0.39 is 34.0 Å². The van der Waals surface area contributed by atoms with Crippen molar-refractivity contribution in [3.8, 4) is 0 Å². The summed E-state index contributed by atoms with van der Waals surface area (Å²) in [5.41, 5.74) is 1.28. The first kappa shape index (κ1) is 29.7. The molecule has 0 saturated carbocycles. The van der Waals surface area contributed by atoms with Crippen LogP contribution < -0.4 is 5.32 Å². The molecule has 200 valence electrons. The fourth-order valence-electron chi connectivity index (χ4n) is 3.07. The predicted molar refractivity (Wildman–Crippen MR) is 136 cm³/mol. The van der Waals surface area contributed by atoms with E-state index in [1.165, 1.54) is 0 Å². The molecule has 1 N–H and O–H groups in total. The number of nitrogens with one attached hydrogen (secondary N) is 1. The first-order valence-corrected chi connectivity index (χ1v) is 13.5. The maximum Gasteiger partial charge on any atom is 0.408 e. The highest BCUT2D eigenvalue weighted by Crippen LogP contribution is 2.09. The molecule has 1 amide bonds. The van der Waals surface area contributed by atoms with Crippen LogP contribution in [0.4, 0.5) is 4.79 Å². The van der Waals surface area contributed by atoms with Gasteiger partial charge in [0.2, 0.25) is 0 Å². The molecule has 0 aliphatic rings. The molecule has 0 saturated heterocycles. The van der Waals surface area contributed by atoms with Crippen LogP contribution in [0.5, 0.6) is 0 Å². The first-order chi connectivity index (χ1) is 17.0. The van der Waals surface area contributed by atoms with Crippen LogP contribution in [-0.4, -0.2) is 64.9 Å². The predicted octanol–water partition coefficient (Wildman–Crippen LogP) is 3.67. The van der Waals surface area contributed by atoms with E-state index in [1.807, 2.05) is 60.7 Å². The van der Waals surface area contributed by atoms with Crippen molar-refractivity contribution in [3.63, 3.8) is 0 Å². The van der Waals surface area contributed by atoms with Crippen LogP contribution in [0, 0.1) is 0 Å². The van der Waals surface area contributed by atoms with Gasteiger partial charge in [-0.2, -0.15) is 8.42 Å². The van der Waals surface area contributed by atoms with Crippen LogP contribution in [0.2, 0.25) is 0 Å². The molecule has 0 aromatic heterocycles. The summed E-state index contributed by atoms with van der Waals surface area (Å²) < 4.78 is 51.0. The van der Waals surface area contributed by atoms with Crippen molar-refractivity contribution in [2.75, 3.05) is 32.7 Å². The number of ether oxygens (including phenoxy) is 4. The van der Waals surface area contributed by atoms with Gasteiger partial charge in [-0.3, -0.25) is 4.18 Å². The minimum Gasteiger partial charge on any atom is -0.444 e. The van der Waals surface area contributed by atoms with Crippen LogP contribution in [-0.2, 0) is 46.5 Å². The second-order valence-corrected chi connectivity index (χ2v) is 10.9. The molecule has 2 aromatic carbocycles. The molecule has 2 rings (SSSR count). The van der Waals surface area contributed by atoms with Crippen LogP contribution in [0.1, 0.15) is 31.9 Å². The number of benzene rings is 2. The van der Waals surface area contributed by atoms with Crippen molar-refractivity contribution in [1.82, 2.24) is 5.32 Å². The molecule has 9 nitrogen and oxygen atoms in total. The minimum atomic E-state index is -3.73. The second-order valence-electron chi connectivity index (χ2n) is 9.30. The quantitative estimate of drug-likeness (QED) is 0.352. The largest absolute Gasteiger partial charge is 0.444 e. The fraction of sp³-hybridized carbons (Fsp3) is 0.500. The number of rotatable bonds is 15. The summed E-state index contributed by atoms with van der Waals surface area (Å²) in [6.07, 6.45) is -0.479. The van der Waals surface area contributed by atoms with Gasteiger partial charge in [0.05, 0.1) is 51.9 Å². The Morgan fingerprint density at radius 2 is 1.28 bits per heavy atom. The normalized spacial score (nSPS) is 13.7. The van der Waals surface area contributed by atoms with Gasteiger partial charge < -0.3 is 24.3 Å². The Bertz CT molecular complexity index is 994. The summed E-state index contributed by atoms with van der Waals surface area (Å²) in [7, 11) is -3.73. The van der Waals surface area contributed by atoms with Gasteiger partial charge in [0.15, 0.2) is 0 Å². The third-order valence-corrected chi connectivity index (χ3v) is 5.12. The molecular formula is C26H37NO8S. The molecule has 0 heterocycles. The zero-order chi connectivity index (χ0) is 26.4. The second kappa shape index (κ2) is 14.9. The molecule has 0 radical (unpaired) electrons. The lowest BCUT2D eigenvalue weighted by Gasteiger charge is -2.24. The Morgan fingerprint density at radius 3 is 1.78 bits per heavy atom. The Balaban J connectivity index is 1.90. The highest BCUT2D eigenvalue weighted by atomic mass is 32.2. The third-order valence-electron chi connectivity index (χ3n) is 4.50. The van der Waals surface area contributed by atoms with Gasteiger partial charge in [-0.15, -0.1) is 0 Å². The van der Waals surface area contributed by atoms with Crippen molar-refractivity contribution in [2.45, 2.75) is 51.7 Å². The molecular weight excluding hydrogens is 486 g/mol. The van der Waals surface area contributed by atoms with Gasteiger partial charge in [-0.1, -0.05) is 60.7 Å². The molecule has 0 spiro atoms. The van der Waals surface area contributed by atoms with Crippen LogP contribution >= 0.6 is 0 Å². The van der Waals surface area contributed by atoms with E-state index in [1.54, 1.807) is 20.8 Å². The maximum atomic E-state index is 12.3. The summed E-state index contributed by atoms with van der Waals surface area (Å²) in [6, 6.07) is 18.6. The Morgan fingerprint density at radius 1 is 0.806 bits per heavy atom. The standard InChI is InChI=1S/C26H37NO8S/c1-26(2,3)34-25(28)27-23(17-31-15-21-11-7-5-8-12-21)18-33-20-24(35-36(4,29)30)19-32-16-22-13-9-6-10-14-22/h5-14,23-24H,15-20H2,1-4H3,(H,27,28)/t23-,24+/m0/s1. The van der Waals surface area contributed by atoms with Gasteiger partial charge in [0.1, 0.15) is 11.7 Å². The topological polar surface area (TPSA) is 109 Å². The SMILES string of the molecule is CC(C)(C)OC(=O)N[C@@H](COCc1ccccc1)COC[C@@H](COCc1ccccc1)OS(C)(=O)=O. The van der Waals surface area contributed by atoms with Crippen molar-refractivity contribution in [2.24, 2.45) is 0 Å². The number of carbonyl (C=O) groups excluding carboxylic acids is 1. The molecule has 0 bridgehead atoms. The molecule has 0 unspecified atom stereocenters. The summed E-state index contributed by atoms with van der Waals surface area (Å²) in [5, 5.41) is 2.75. The number of amides is 1. The Kier molecular flexibility index (Phi) is 12.3. The van der Waals surface area contributed by atoms with E-state index in [9.17, 15) is 13.2 Å². The van der Waals surface area contributed by atoms with Gasteiger partial charge in [0, 0.05) is 0 Å². The molecule has 36 heavy (non-hydrogen) atoms. The lowest BCUT2D eigenvalue weighted by Crippen LogP contribution is -2.44. The van der Waals surface area contributed by atoms with Crippen LogP contribution in [0.15, 0.2) is 60.7 Å². The highest BCUT2D eigenvalue weighted by molar-refractivity contribution is 7.86. The van der Waals surface area contributed by atoms with Crippen molar-refractivity contribution >= 4 is 16.2 Å². The van der Waals surface area contributed by atoms with Gasteiger partial charge >= 0.3 is 6.09 Å². The highest BCUT2D eigenvalue weighted by Gasteiger charge is 2.22. The van der Waals surface area contributed by atoms with Gasteiger partial charge in [0.25, 0.3) is 10.1 Å². The molecule has 2 aromatic rings. The fourth-order valence-corrected chi connectivity index (χ4v) is 3.68. The van der Waals surface area contributed by atoms with E-state index in [0.717, 1.165) is 17.4 Å². The third kappa shape index (κ3) is 14.2. The zero-order valence-corrected chi connectivity index (χ0v) is 22.2. The average molecular weight is 524 g/mol. The number of carbonyl (C=O) groups is 1. The van der Waals surface area contributed by atoms with Crippen molar-refractivity contribution < 1.29 is 36.3 Å². The van der Waals surface area contributed by atoms with Gasteiger partial charge in [-0.25, -0.2) is 4.79 Å². The molecule has 0 aliphatic carbocycles. The average Bonchev–Trinajstić information content (AvgIpc) is 2.78. The summed E-state index contributed by atoms with van der Waals surface area (Å²) >= 11 is 0. The lowest BCUT2D eigenvalue weighted by molar-refractivity contribution is -0.0216. The van der Waals surface area contributed by atoms with E-state index >= 15 is 0 Å². The van der Waals surface area contributed by atoms with E-state index in [-0.39, 0.29) is 26.4 Å². The number of hydrogen-bond donors (Lipinski definition) is 1. The minimum absolute atomic E-state index is 0.0105. The van der Waals surface area contributed by atoms with E-state index in [0.29, 0.717) is 13.2 Å². The van der Waals surface area contributed by atoms with Gasteiger partial charge in [-0.05, 0) is 31.9 Å². The number of hydrogen-bond acceptors (Lipinski definition) is 8. The van der Waals surface area contributed by atoms with Crippen LogP contribution in [0.3, 0.4) is 0 Å². The number of alkyl carbamates (subject to hydrolysis) is 1. The van der Waals surface area contributed by atoms with Crippen LogP contribution in [0.25, 0.3) is 0 Å². The molecule has 0 fully saturated rings. The van der Waals surface area contributed by atoms with Crippen molar-refractivity contribution in [1.29, 1.82) is 0 Å². The molecule has 2 atom stereocenters. The summed E-state index contributed by atoms with van der Waals surface area (Å²) in [5.74, 6) is 0. The lowest BCUT2D eigenvalue weighted by atomic mass is 10.2. The van der Waals surface area contributed by atoms with E-state index in [2.05, 4.69) is 5.32 Å². The Hall–Kier alpha value is -2.50. The monoisotopic (exact) mass is 523 g/mol. The zero-order valence-electron chi connectivity index (χ0n) is 21.3. The Labute approximate surface area is 214 Å². The summed E-state index contributed by atoms with van der Waals surface area (Å²) in [6.45, 7) is 6.14. The first-order valence-electron chi connectivity index (χ1n) is 11.7. The smallest absolute Gasteiger partial charge is 0.408 e. The summed E-state index contributed by atoms with van der Waals surface area (Å²) in [4.78, 5) is 12.3. The molecule has 10 heteroatoms. The van der Waals surface area contributed by atoms with Crippen molar-refractivity contribution in [3.05, 3.63) is 71.8 Å². The maximum absolute atomic E-state index is 12.3. The molecule has 0 aliphatic heterocycles.